The molecule has 0 aliphatic heterocycles. The second-order valence-corrected chi connectivity index (χ2v) is 32.6. The Morgan fingerprint density at radius 1 is 0.384 bits per heavy atom. The third-order valence-corrected chi connectivity index (χ3v) is 17.4. The van der Waals surface area contributed by atoms with Crippen LogP contribution in [0.2, 0.25) is 0 Å². The van der Waals surface area contributed by atoms with Gasteiger partial charge in [-0.1, -0.05) is 266 Å². The van der Waals surface area contributed by atoms with Crippen LogP contribution in [0.5, 0.6) is 17.2 Å². The van der Waals surface area contributed by atoms with Gasteiger partial charge in [-0.2, -0.15) is 0 Å². The van der Waals surface area contributed by atoms with Crippen LogP contribution in [0.4, 0.5) is 0 Å². The molecule has 11 heteroatoms. The summed E-state index contributed by atoms with van der Waals surface area (Å²) in [4.78, 5) is 43.1. The van der Waals surface area contributed by atoms with Crippen molar-refractivity contribution in [3.8, 4) is 17.2 Å². The zero-order valence-corrected chi connectivity index (χ0v) is 59.1. The monoisotopic (exact) mass is 1210 g/mol. The predicted octanol–water partition coefficient (Wildman–Crippen LogP) is 19.8. The van der Waals surface area contributed by atoms with E-state index in [1.165, 1.54) is 57.8 Å². The average Bonchev–Trinajstić information content (AvgIpc) is 0.902. The number of rotatable bonds is 30. The number of hydrogen-bond donors (Lipinski definition) is 3. The highest BCUT2D eigenvalue weighted by molar-refractivity contribution is 7.80. The summed E-state index contributed by atoms with van der Waals surface area (Å²) in [6.45, 7) is 46.3. The van der Waals surface area contributed by atoms with Crippen LogP contribution in [0.1, 0.15) is 323 Å². The van der Waals surface area contributed by atoms with Crippen LogP contribution < -0.4 is 0 Å². The van der Waals surface area contributed by atoms with Gasteiger partial charge < -0.3 is 34.3 Å². The molecule has 0 bridgehead atoms. The molecule has 0 aliphatic carbocycles. The molecule has 4 unspecified atom stereocenters. The highest BCUT2D eigenvalue weighted by Crippen LogP contribution is 2.45. The molecule has 86 heavy (non-hydrogen) atoms. The maximum Gasteiger partial charge on any atom is 0.306 e. The highest BCUT2D eigenvalue weighted by atomic mass is 32.1. The molecule has 4 atom stereocenters. The van der Waals surface area contributed by atoms with Gasteiger partial charge in [-0.25, -0.2) is 0 Å². The van der Waals surface area contributed by atoms with Crippen molar-refractivity contribution in [1.82, 2.24) is 0 Å². The van der Waals surface area contributed by atoms with Crippen LogP contribution in [0.15, 0.2) is 36.4 Å². The van der Waals surface area contributed by atoms with E-state index in [0.717, 1.165) is 62.9 Å². The van der Waals surface area contributed by atoms with E-state index in [9.17, 15) is 29.7 Å². The zero-order chi connectivity index (χ0) is 65.6. The number of phenolic OH excluding ortho intramolecular Hbond substituents is 3. The Labute approximate surface area is 528 Å². The average molecular weight is 1210 g/mol. The van der Waals surface area contributed by atoms with Crippen molar-refractivity contribution in [1.29, 1.82) is 0 Å². The van der Waals surface area contributed by atoms with Gasteiger partial charge in [0.05, 0.1) is 19.3 Å². The predicted molar refractivity (Wildman–Crippen MR) is 360 cm³/mol. The van der Waals surface area contributed by atoms with Gasteiger partial charge in [0, 0.05) is 6.42 Å². The van der Waals surface area contributed by atoms with Gasteiger partial charge in [0.1, 0.15) is 49.1 Å². The molecule has 3 N–H and O–H groups in total. The number of carbonyl (C=O) groups excluding carboxylic acids is 3. The van der Waals surface area contributed by atoms with E-state index in [1.807, 2.05) is 57.2 Å². The van der Waals surface area contributed by atoms with Gasteiger partial charge in [0.25, 0.3) is 0 Å². The van der Waals surface area contributed by atoms with Crippen molar-refractivity contribution in [2.75, 3.05) is 26.4 Å². The minimum absolute atomic E-state index is 0.00214. The number of carbonyl (C=O) groups is 3. The molecule has 0 heterocycles. The molecular weight excluding hydrogens is 1090 g/mol. The van der Waals surface area contributed by atoms with E-state index in [4.69, 9.17) is 31.2 Å². The first kappa shape index (κ1) is 75.6. The van der Waals surface area contributed by atoms with Crippen molar-refractivity contribution in [2.45, 2.75) is 306 Å². The van der Waals surface area contributed by atoms with Crippen molar-refractivity contribution in [2.24, 2.45) is 11.3 Å². The highest BCUT2D eigenvalue weighted by Gasteiger charge is 2.39. The summed E-state index contributed by atoms with van der Waals surface area (Å²) in [5.41, 5.74) is 3.79. The number of phenols is 3. The Morgan fingerprint density at radius 3 is 0.860 bits per heavy atom. The van der Waals surface area contributed by atoms with Crippen molar-refractivity contribution < 1.29 is 48.7 Å². The zero-order valence-electron chi connectivity index (χ0n) is 58.3. The van der Waals surface area contributed by atoms with Crippen LogP contribution in [-0.2, 0) is 65.8 Å². The van der Waals surface area contributed by atoms with Crippen LogP contribution in [0, 0.1) is 11.3 Å². The first-order chi connectivity index (χ1) is 39.4. The number of unbranched alkanes of at least 4 members (excludes halogenated alkanes) is 9. The number of aromatic hydroxyl groups is 3. The van der Waals surface area contributed by atoms with Gasteiger partial charge in [-0.15, -0.1) is 0 Å². The summed E-state index contributed by atoms with van der Waals surface area (Å²) >= 11 is 5.97. The molecule has 486 valence electrons. The van der Waals surface area contributed by atoms with Crippen LogP contribution >= 0.6 is 12.2 Å². The Hall–Kier alpha value is -4.64. The minimum Gasteiger partial charge on any atom is -0.507 e. The summed E-state index contributed by atoms with van der Waals surface area (Å²) < 4.78 is 25.3. The SMILES string of the molecule is CCCCCCCCCCCCC(C)CC(=S)OCC(COC(=O)CC(C)c1cc(C(C)(C)C)c(O)c(C(C)(C)C)c1)(COC(=O)CC(C)c1cc(C(C)(C)C)c(O)c(C(C)(C)C)c1)COC(=O)CC(C)c1cc(C(C)(C)C)c(O)c(C(C)(C)C)c1. The normalized spacial score (nSPS) is 14.9. The Balaban J connectivity index is 2.08. The molecular formula is C75H120O10S. The van der Waals surface area contributed by atoms with Gasteiger partial charge in [0.2, 0.25) is 0 Å². The lowest BCUT2D eigenvalue weighted by atomic mass is 9.77. The smallest absolute Gasteiger partial charge is 0.306 e. The van der Waals surface area contributed by atoms with E-state index in [1.54, 1.807) is 0 Å². The third-order valence-electron chi connectivity index (χ3n) is 17.1. The quantitative estimate of drug-likeness (QED) is 0.0253. The fourth-order valence-corrected chi connectivity index (χ4v) is 11.5. The van der Waals surface area contributed by atoms with E-state index >= 15 is 0 Å². The van der Waals surface area contributed by atoms with Crippen molar-refractivity contribution in [3.05, 3.63) is 86.5 Å². The van der Waals surface area contributed by atoms with Crippen LogP contribution in [0.3, 0.4) is 0 Å². The van der Waals surface area contributed by atoms with Gasteiger partial charge in [0.15, 0.2) is 5.05 Å². The van der Waals surface area contributed by atoms with Crippen molar-refractivity contribution >= 4 is 35.2 Å². The van der Waals surface area contributed by atoms with Gasteiger partial charge in [-0.05, 0) is 118 Å². The van der Waals surface area contributed by atoms with Crippen LogP contribution in [-0.4, -0.2) is 64.7 Å². The molecule has 3 aromatic carbocycles. The molecule has 0 spiro atoms. The van der Waals surface area contributed by atoms with Crippen LogP contribution in [0.25, 0.3) is 0 Å². The topological polar surface area (TPSA) is 149 Å². The Morgan fingerprint density at radius 2 is 0.616 bits per heavy atom. The molecule has 0 saturated carbocycles. The summed E-state index contributed by atoms with van der Waals surface area (Å²) in [5, 5.41) is 35.0. The Kier molecular flexibility index (Phi) is 27.9. The maximum absolute atomic E-state index is 14.4. The number of thiocarbonyl (C=S) groups is 1. The lowest BCUT2D eigenvalue weighted by Gasteiger charge is -2.33. The summed E-state index contributed by atoms with van der Waals surface area (Å²) in [6.07, 6.45) is 14.1. The second kappa shape index (κ2) is 31.7. The standard InChI is InChI=1S/C75H120O10S/c1-24-25-26-27-28-29-30-31-32-33-34-49(2)35-65(86)85-48-75(45-82-62(76)36-50(3)53-39-56(69(6,7)8)66(79)57(40-53)70(9,10)11,46-83-63(77)37-51(4)54-41-58(71(12,13)14)67(80)59(42-54)72(15,16)17)47-84-64(78)38-52(5)55-43-60(73(18,19)20)68(81)61(44-55)74(21,22)23/h39-44,49-52,79-81H,24-38,45-48H2,1-23H3. The minimum atomic E-state index is -1.40. The van der Waals surface area contributed by atoms with Gasteiger partial charge in [-0.3, -0.25) is 14.4 Å². The third kappa shape index (κ3) is 23.7. The number of esters is 3. The molecule has 0 aromatic heterocycles. The summed E-state index contributed by atoms with van der Waals surface area (Å²) in [5.74, 6) is -1.44. The van der Waals surface area contributed by atoms with E-state index in [0.29, 0.717) is 11.5 Å². The molecule has 0 amide bonds. The summed E-state index contributed by atoms with van der Waals surface area (Å²) in [6, 6.07) is 11.9. The second-order valence-electron chi connectivity index (χ2n) is 32.1. The molecule has 0 saturated heterocycles. The molecule has 0 fully saturated rings. The lowest BCUT2D eigenvalue weighted by Crippen LogP contribution is -2.44. The first-order valence-electron chi connectivity index (χ1n) is 32.7. The number of hydrogen-bond acceptors (Lipinski definition) is 11. The lowest BCUT2D eigenvalue weighted by molar-refractivity contribution is -0.165. The molecule has 0 radical (unpaired) electrons. The van der Waals surface area contributed by atoms with E-state index in [-0.39, 0.29) is 119 Å². The van der Waals surface area contributed by atoms with Gasteiger partial charge >= 0.3 is 17.9 Å². The molecule has 3 aromatic rings. The fraction of sp³-hybridized carbons (Fsp3) is 0.707. The molecule has 3 rings (SSSR count). The largest absolute Gasteiger partial charge is 0.507 e. The molecule has 0 aliphatic rings. The van der Waals surface area contributed by atoms with Crippen molar-refractivity contribution in [3.63, 3.8) is 0 Å². The molecule has 10 nitrogen and oxygen atoms in total. The summed E-state index contributed by atoms with van der Waals surface area (Å²) in [7, 11) is 0. The van der Waals surface area contributed by atoms with E-state index < -0.39 is 23.3 Å². The maximum atomic E-state index is 14.4. The first-order valence-corrected chi connectivity index (χ1v) is 33.1. The fourth-order valence-electron chi connectivity index (χ4n) is 11.1. The van der Waals surface area contributed by atoms with E-state index in [2.05, 4.69) is 138 Å². The number of ether oxygens (including phenoxy) is 4. The number of benzene rings is 3. The Bertz CT molecular complexity index is 2330.